The van der Waals surface area contributed by atoms with Crippen molar-refractivity contribution in [1.29, 1.82) is 0 Å². The highest BCUT2D eigenvalue weighted by Gasteiger charge is 2.34. The summed E-state index contributed by atoms with van der Waals surface area (Å²) >= 11 is 0. The van der Waals surface area contributed by atoms with E-state index in [1.807, 2.05) is 0 Å². The molecule has 0 aromatic heterocycles. The Kier molecular flexibility index (Phi) is 3.22. The van der Waals surface area contributed by atoms with Crippen molar-refractivity contribution in [3.8, 4) is 0 Å². The smallest absolute Gasteiger partial charge is 0.232 e. The van der Waals surface area contributed by atoms with Crippen LogP contribution in [0.3, 0.4) is 0 Å². The monoisotopic (exact) mass is 245 g/mol. The summed E-state index contributed by atoms with van der Waals surface area (Å²) in [6, 6.07) is 6.39. The number of amides is 1. The van der Waals surface area contributed by atoms with Gasteiger partial charge in [-0.25, -0.2) is 0 Å². The number of anilines is 1. The molecule has 2 heteroatoms. The highest BCUT2D eigenvalue weighted by Crippen LogP contribution is 2.40. The first-order valence-corrected chi connectivity index (χ1v) is 6.80. The van der Waals surface area contributed by atoms with Crippen molar-refractivity contribution >= 4 is 11.6 Å². The molecule has 1 aromatic carbocycles. The van der Waals surface area contributed by atoms with Gasteiger partial charge in [-0.1, -0.05) is 53.2 Å². The molecule has 1 aliphatic heterocycles. The molecular weight excluding hydrogens is 222 g/mol. The standard InChI is InChI=1S/C16H23NO/c1-6-10(2)14-12-9-11(16(3,4)5)7-8-13(12)17-15(14)18/h7-10,14H,6H2,1-5H3,(H,17,18). The molecule has 0 saturated heterocycles. The van der Waals surface area contributed by atoms with Gasteiger partial charge in [0.1, 0.15) is 0 Å². The number of carbonyl (C=O) groups excluding carboxylic acids is 1. The van der Waals surface area contributed by atoms with Crippen molar-refractivity contribution in [2.75, 3.05) is 5.32 Å². The third-order valence-electron chi connectivity index (χ3n) is 4.01. The van der Waals surface area contributed by atoms with Crippen LogP contribution in [0.1, 0.15) is 58.1 Å². The summed E-state index contributed by atoms with van der Waals surface area (Å²) in [4.78, 5) is 12.1. The van der Waals surface area contributed by atoms with Gasteiger partial charge in [0.2, 0.25) is 5.91 Å². The Balaban J connectivity index is 2.46. The van der Waals surface area contributed by atoms with Crippen molar-refractivity contribution in [3.05, 3.63) is 29.3 Å². The Morgan fingerprint density at radius 1 is 1.33 bits per heavy atom. The summed E-state index contributed by atoms with van der Waals surface area (Å²) in [6.45, 7) is 10.9. The van der Waals surface area contributed by atoms with Crippen LogP contribution in [0.15, 0.2) is 18.2 Å². The molecular formula is C16H23NO. The van der Waals surface area contributed by atoms with Crippen LogP contribution in [0, 0.1) is 5.92 Å². The lowest BCUT2D eigenvalue weighted by Gasteiger charge is -2.22. The third kappa shape index (κ3) is 2.16. The maximum absolute atomic E-state index is 12.1. The molecule has 2 nitrogen and oxygen atoms in total. The lowest BCUT2D eigenvalue weighted by Crippen LogP contribution is -2.18. The third-order valence-corrected chi connectivity index (χ3v) is 4.01. The molecule has 18 heavy (non-hydrogen) atoms. The molecule has 2 atom stereocenters. The predicted molar refractivity (Wildman–Crippen MR) is 76.0 cm³/mol. The van der Waals surface area contributed by atoms with Crippen molar-refractivity contribution in [3.63, 3.8) is 0 Å². The van der Waals surface area contributed by atoms with Crippen LogP contribution in [-0.4, -0.2) is 5.91 Å². The minimum absolute atomic E-state index is 0.0206. The van der Waals surface area contributed by atoms with Crippen LogP contribution in [0.5, 0.6) is 0 Å². The van der Waals surface area contributed by atoms with Gasteiger partial charge in [-0.3, -0.25) is 4.79 Å². The lowest BCUT2D eigenvalue weighted by molar-refractivity contribution is -0.118. The fourth-order valence-corrected chi connectivity index (χ4v) is 2.55. The minimum atomic E-state index is 0.0206. The molecule has 98 valence electrons. The molecule has 2 unspecified atom stereocenters. The van der Waals surface area contributed by atoms with E-state index in [0.29, 0.717) is 5.92 Å². The van der Waals surface area contributed by atoms with Crippen molar-refractivity contribution in [1.82, 2.24) is 0 Å². The van der Waals surface area contributed by atoms with E-state index in [1.54, 1.807) is 0 Å². The van der Waals surface area contributed by atoms with Crippen LogP contribution in [0.25, 0.3) is 0 Å². The Bertz CT molecular complexity index is 470. The van der Waals surface area contributed by atoms with E-state index in [2.05, 4.69) is 58.1 Å². The average Bonchev–Trinajstić information content (AvgIpc) is 2.61. The van der Waals surface area contributed by atoms with E-state index in [1.165, 1.54) is 11.1 Å². The highest BCUT2D eigenvalue weighted by molar-refractivity contribution is 6.03. The van der Waals surface area contributed by atoms with E-state index in [9.17, 15) is 4.79 Å². The maximum atomic E-state index is 12.1. The number of carbonyl (C=O) groups is 1. The van der Waals surface area contributed by atoms with Gasteiger partial charge in [-0.15, -0.1) is 0 Å². The summed E-state index contributed by atoms with van der Waals surface area (Å²) < 4.78 is 0. The molecule has 0 saturated carbocycles. The number of hydrogen-bond acceptors (Lipinski definition) is 1. The zero-order chi connectivity index (χ0) is 13.5. The highest BCUT2D eigenvalue weighted by atomic mass is 16.2. The summed E-state index contributed by atoms with van der Waals surface area (Å²) in [6.07, 6.45) is 1.03. The predicted octanol–water partition coefficient (Wildman–Crippen LogP) is 4.07. The number of nitrogens with one attached hydrogen (secondary N) is 1. The molecule has 0 fully saturated rings. The SMILES string of the molecule is CCC(C)C1C(=O)Nc2ccc(C(C)(C)C)cc21. The molecule has 0 aliphatic carbocycles. The van der Waals surface area contributed by atoms with Crippen molar-refractivity contribution < 1.29 is 4.79 Å². The van der Waals surface area contributed by atoms with Crippen LogP contribution >= 0.6 is 0 Å². The molecule has 2 rings (SSSR count). The van der Waals surface area contributed by atoms with E-state index >= 15 is 0 Å². The van der Waals surface area contributed by atoms with Crippen LogP contribution < -0.4 is 5.32 Å². The second-order valence-electron chi connectivity index (χ2n) is 6.40. The first-order chi connectivity index (χ1) is 8.34. The molecule has 0 spiro atoms. The minimum Gasteiger partial charge on any atom is -0.325 e. The van der Waals surface area contributed by atoms with Crippen LogP contribution in [-0.2, 0) is 10.2 Å². The first kappa shape index (κ1) is 13.1. The summed E-state index contributed by atoms with van der Waals surface area (Å²) in [7, 11) is 0. The molecule has 1 heterocycles. The lowest BCUT2D eigenvalue weighted by atomic mass is 9.81. The zero-order valence-electron chi connectivity index (χ0n) is 12.0. The Morgan fingerprint density at radius 2 is 2.00 bits per heavy atom. The van der Waals surface area contributed by atoms with E-state index in [4.69, 9.17) is 0 Å². The van der Waals surface area contributed by atoms with Crippen molar-refractivity contribution in [2.24, 2.45) is 5.92 Å². The van der Waals surface area contributed by atoms with Gasteiger partial charge in [0, 0.05) is 5.69 Å². The van der Waals surface area contributed by atoms with Crippen molar-refractivity contribution in [2.45, 2.75) is 52.4 Å². The summed E-state index contributed by atoms with van der Waals surface area (Å²) in [5, 5.41) is 3.00. The van der Waals surface area contributed by atoms with Gasteiger partial charge < -0.3 is 5.32 Å². The fraction of sp³-hybridized carbons (Fsp3) is 0.562. The topological polar surface area (TPSA) is 29.1 Å². The van der Waals surface area contributed by atoms with Gasteiger partial charge in [-0.05, 0) is 28.5 Å². The van der Waals surface area contributed by atoms with E-state index in [-0.39, 0.29) is 17.2 Å². The number of rotatable bonds is 2. The van der Waals surface area contributed by atoms with Crippen LogP contribution in [0.4, 0.5) is 5.69 Å². The largest absolute Gasteiger partial charge is 0.325 e. The fourth-order valence-electron chi connectivity index (χ4n) is 2.55. The van der Waals surface area contributed by atoms with Gasteiger partial charge >= 0.3 is 0 Å². The number of hydrogen-bond donors (Lipinski definition) is 1. The van der Waals surface area contributed by atoms with Gasteiger partial charge in [0.05, 0.1) is 5.92 Å². The quantitative estimate of drug-likeness (QED) is 0.836. The van der Waals surface area contributed by atoms with Crippen LogP contribution in [0.2, 0.25) is 0 Å². The van der Waals surface area contributed by atoms with E-state index < -0.39 is 0 Å². The Labute approximate surface area is 110 Å². The summed E-state index contributed by atoms with van der Waals surface area (Å²) in [5.74, 6) is 0.569. The van der Waals surface area contributed by atoms with E-state index in [0.717, 1.165) is 12.1 Å². The normalized spacial score (nSPS) is 20.5. The molecule has 1 aromatic rings. The second kappa shape index (κ2) is 4.42. The molecule has 1 N–H and O–H groups in total. The van der Waals surface area contributed by atoms with Gasteiger partial charge in [0.15, 0.2) is 0 Å². The molecule has 0 bridgehead atoms. The Morgan fingerprint density at radius 3 is 2.56 bits per heavy atom. The summed E-state index contributed by atoms with van der Waals surface area (Å²) in [5.41, 5.74) is 3.60. The number of benzene rings is 1. The number of fused-ring (bicyclic) bond motifs is 1. The zero-order valence-corrected chi connectivity index (χ0v) is 12.0. The first-order valence-electron chi connectivity index (χ1n) is 6.80. The molecule has 1 amide bonds. The average molecular weight is 245 g/mol. The maximum Gasteiger partial charge on any atom is 0.232 e. The Hall–Kier alpha value is -1.31. The molecule has 1 aliphatic rings. The van der Waals surface area contributed by atoms with Gasteiger partial charge in [0.25, 0.3) is 0 Å². The second-order valence-corrected chi connectivity index (χ2v) is 6.40. The molecule has 0 radical (unpaired) electrons. The van der Waals surface area contributed by atoms with Gasteiger partial charge in [-0.2, -0.15) is 0 Å².